The number of fused-ring (bicyclic) bond motifs is 1. The number of alkyl halides is 1. The maximum atomic E-state index is 12.3. The van der Waals surface area contributed by atoms with E-state index in [0.29, 0.717) is 30.4 Å². The molecule has 2 N–H and O–H groups in total. The van der Waals surface area contributed by atoms with E-state index in [-0.39, 0.29) is 6.54 Å². The van der Waals surface area contributed by atoms with Crippen LogP contribution in [-0.4, -0.2) is 65.3 Å². The molecule has 174 valence electrons. The molecule has 0 atom stereocenters. The van der Waals surface area contributed by atoms with Crippen molar-refractivity contribution >= 4 is 28.6 Å². The molecular formula is C24H24FN7O2. The van der Waals surface area contributed by atoms with E-state index in [2.05, 4.69) is 20.6 Å². The van der Waals surface area contributed by atoms with Gasteiger partial charge >= 0.3 is 6.03 Å². The molecule has 34 heavy (non-hydrogen) atoms. The lowest BCUT2D eigenvalue weighted by atomic mass is 10.2. The van der Waals surface area contributed by atoms with Crippen molar-refractivity contribution in [3.05, 3.63) is 60.8 Å². The molecule has 0 saturated carbocycles. The van der Waals surface area contributed by atoms with E-state index < -0.39 is 12.7 Å². The third-order valence-electron chi connectivity index (χ3n) is 5.50. The molecule has 5 rings (SSSR count). The average Bonchev–Trinajstić information content (AvgIpc) is 3.32. The molecule has 4 aromatic rings. The first-order valence-electron chi connectivity index (χ1n) is 11.1. The second-order valence-electron chi connectivity index (χ2n) is 7.75. The number of hydrogen-bond acceptors (Lipinski definition) is 6. The highest BCUT2D eigenvalue weighted by Gasteiger charge is 2.21. The first kappa shape index (κ1) is 21.8. The van der Waals surface area contributed by atoms with Crippen LogP contribution in [0, 0.1) is 0 Å². The zero-order valence-corrected chi connectivity index (χ0v) is 18.4. The number of carbonyl (C=O) groups excluding carboxylic acids is 1. The molecule has 0 radical (unpaired) electrons. The van der Waals surface area contributed by atoms with Crippen LogP contribution >= 0.6 is 0 Å². The Morgan fingerprint density at radius 2 is 1.79 bits per heavy atom. The molecule has 2 amide bonds. The van der Waals surface area contributed by atoms with E-state index in [4.69, 9.17) is 14.7 Å². The predicted molar refractivity (Wildman–Crippen MR) is 128 cm³/mol. The molecule has 2 aromatic heterocycles. The lowest BCUT2D eigenvalue weighted by Gasteiger charge is -2.28. The molecule has 1 fully saturated rings. The average molecular weight is 462 g/mol. The number of nitrogens with zero attached hydrogens (tertiary/aromatic N) is 5. The third-order valence-corrected chi connectivity index (χ3v) is 5.50. The van der Waals surface area contributed by atoms with Crippen molar-refractivity contribution < 1.29 is 13.9 Å². The Kier molecular flexibility index (Phi) is 6.30. The number of hydrogen-bond donors (Lipinski definition) is 2. The van der Waals surface area contributed by atoms with Gasteiger partial charge in [-0.25, -0.2) is 23.8 Å². The summed E-state index contributed by atoms with van der Waals surface area (Å²) < 4.78 is 19.6. The number of ether oxygens (including phenoxy) is 1. The van der Waals surface area contributed by atoms with Gasteiger partial charge in [0.1, 0.15) is 12.5 Å². The molecule has 0 aliphatic carbocycles. The number of amides is 2. The molecule has 2 aromatic carbocycles. The number of rotatable bonds is 6. The maximum Gasteiger partial charge on any atom is 0.319 e. The van der Waals surface area contributed by atoms with Crippen molar-refractivity contribution in [3.8, 4) is 17.1 Å². The van der Waals surface area contributed by atoms with Crippen LogP contribution in [0.25, 0.3) is 28.1 Å². The van der Waals surface area contributed by atoms with Crippen molar-refractivity contribution in [3.63, 3.8) is 0 Å². The summed E-state index contributed by atoms with van der Waals surface area (Å²) in [5.74, 6) is 1.37. The second kappa shape index (κ2) is 9.84. The highest BCUT2D eigenvalue weighted by Crippen LogP contribution is 2.30. The zero-order valence-electron chi connectivity index (χ0n) is 18.4. The van der Waals surface area contributed by atoms with Crippen LogP contribution in [0.15, 0.2) is 60.8 Å². The van der Waals surface area contributed by atoms with E-state index in [1.54, 1.807) is 18.3 Å². The van der Waals surface area contributed by atoms with Crippen molar-refractivity contribution in [2.75, 3.05) is 49.7 Å². The van der Waals surface area contributed by atoms with Gasteiger partial charge in [0.25, 0.3) is 0 Å². The molecule has 10 heteroatoms. The van der Waals surface area contributed by atoms with Gasteiger partial charge < -0.3 is 20.3 Å². The summed E-state index contributed by atoms with van der Waals surface area (Å²) in [4.78, 5) is 23.7. The van der Waals surface area contributed by atoms with Crippen LogP contribution in [0.1, 0.15) is 0 Å². The number of benzene rings is 2. The molecule has 0 unspecified atom stereocenters. The van der Waals surface area contributed by atoms with Crippen molar-refractivity contribution in [1.29, 1.82) is 0 Å². The van der Waals surface area contributed by atoms with Crippen LogP contribution < -0.4 is 15.5 Å². The lowest BCUT2D eigenvalue weighted by molar-refractivity contribution is 0.122. The number of para-hydroxylation sites is 1. The standard InChI is InChI=1S/C24H24FN7O2/c25-10-11-26-24(33)28-18-8-6-17(7-9-18)21-29-22(31-12-14-34-15-13-31)20-16-27-32(23(20)30-21)19-4-2-1-3-5-19/h1-9,16H,10-15H2,(H2,26,28,33). The Morgan fingerprint density at radius 1 is 1.03 bits per heavy atom. The number of morpholine rings is 1. The Balaban J connectivity index is 1.53. The van der Waals surface area contributed by atoms with Gasteiger partial charge in [0.15, 0.2) is 11.5 Å². The zero-order chi connectivity index (χ0) is 23.3. The van der Waals surface area contributed by atoms with Gasteiger partial charge in [0.2, 0.25) is 0 Å². The number of aromatic nitrogens is 4. The quantitative estimate of drug-likeness (QED) is 0.457. The van der Waals surface area contributed by atoms with Crippen LogP contribution in [0.5, 0.6) is 0 Å². The molecule has 1 saturated heterocycles. The van der Waals surface area contributed by atoms with Gasteiger partial charge in [0.05, 0.1) is 30.5 Å². The van der Waals surface area contributed by atoms with Crippen LogP contribution in [0.3, 0.4) is 0 Å². The van der Waals surface area contributed by atoms with Crippen molar-refractivity contribution in [1.82, 2.24) is 25.1 Å². The van der Waals surface area contributed by atoms with Gasteiger partial charge in [-0.05, 0) is 36.4 Å². The number of anilines is 2. The summed E-state index contributed by atoms with van der Waals surface area (Å²) in [5.41, 5.74) is 3.01. The number of urea groups is 1. The molecule has 9 nitrogen and oxygen atoms in total. The summed E-state index contributed by atoms with van der Waals surface area (Å²) in [6.07, 6.45) is 1.81. The summed E-state index contributed by atoms with van der Waals surface area (Å²) in [7, 11) is 0. The summed E-state index contributed by atoms with van der Waals surface area (Å²) in [6.45, 7) is 2.10. The highest BCUT2D eigenvalue weighted by atomic mass is 19.1. The Bertz CT molecular complexity index is 1270. The third kappa shape index (κ3) is 4.53. The van der Waals surface area contributed by atoms with Crippen LogP contribution in [-0.2, 0) is 4.74 Å². The smallest absolute Gasteiger partial charge is 0.319 e. The largest absolute Gasteiger partial charge is 0.378 e. The van der Waals surface area contributed by atoms with Crippen LogP contribution in [0.4, 0.5) is 20.7 Å². The first-order chi connectivity index (χ1) is 16.7. The molecule has 3 heterocycles. The number of nitrogens with one attached hydrogen (secondary N) is 2. The van der Waals surface area contributed by atoms with Gasteiger partial charge in [-0.1, -0.05) is 18.2 Å². The van der Waals surface area contributed by atoms with Gasteiger partial charge in [-0.2, -0.15) is 5.10 Å². The van der Waals surface area contributed by atoms with Crippen molar-refractivity contribution in [2.45, 2.75) is 0 Å². The van der Waals surface area contributed by atoms with E-state index >= 15 is 0 Å². The summed E-state index contributed by atoms with van der Waals surface area (Å²) >= 11 is 0. The van der Waals surface area contributed by atoms with E-state index in [1.165, 1.54) is 0 Å². The first-order valence-corrected chi connectivity index (χ1v) is 11.1. The Morgan fingerprint density at radius 3 is 2.53 bits per heavy atom. The van der Waals surface area contributed by atoms with E-state index in [0.717, 1.165) is 35.5 Å². The minimum atomic E-state index is -0.614. The SMILES string of the molecule is O=C(NCCF)Nc1ccc(-c2nc(N3CCOCC3)c3cnn(-c4ccccc4)c3n2)cc1. The molecule has 1 aliphatic heterocycles. The van der Waals surface area contributed by atoms with Gasteiger partial charge in [0, 0.05) is 30.9 Å². The minimum absolute atomic E-state index is 0.0306. The van der Waals surface area contributed by atoms with Crippen LogP contribution in [0.2, 0.25) is 0 Å². The normalized spacial score (nSPS) is 13.7. The Hall–Kier alpha value is -4.05. The highest BCUT2D eigenvalue weighted by molar-refractivity contribution is 5.91. The molecule has 1 aliphatic rings. The minimum Gasteiger partial charge on any atom is -0.378 e. The Labute approximate surface area is 195 Å². The van der Waals surface area contributed by atoms with E-state index in [9.17, 15) is 9.18 Å². The fraction of sp³-hybridized carbons (Fsp3) is 0.250. The molecule has 0 spiro atoms. The monoisotopic (exact) mass is 461 g/mol. The van der Waals surface area contributed by atoms with Gasteiger partial charge in [-0.15, -0.1) is 0 Å². The number of halogens is 1. The van der Waals surface area contributed by atoms with E-state index in [1.807, 2.05) is 47.1 Å². The fourth-order valence-corrected chi connectivity index (χ4v) is 3.84. The predicted octanol–water partition coefficient (Wildman–Crippen LogP) is 3.41. The van der Waals surface area contributed by atoms with Crippen molar-refractivity contribution in [2.24, 2.45) is 0 Å². The molecular weight excluding hydrogens is 437 g/mol. The maximum absolute atomic E-state index is 12.3. The second-order valence-corrected chi connectivity index (χ2v) is 7.75. The fourth-order valence-electron chi connectivity index (χ4n) is 3.84. The lowest BCUT2D eigenvalue weighted by Crippen LogP contribution is -2.37. The summed E-state index contributed by atoms with van der Waals surface area (Å²) in [6, 6.07) is 16.6. The molecule has 0 bridgehead atoms. The number of carbonyl (C=O) groups is 1. The topological polar surface area (TPSA) is 97.2 Å². The summed E-state index contributed by atoms with van der Waals surface area (Å²) in [5, 5.41) is 10.6. The van der Waals surface area contributed by atoms with Gasteiger partial charge in [-0.3, -0.25) is 0 Å².